The van der Waals surface area contributed by atoms with E-state index in [0.717, 1.165) is 18.4 Å². The highest BCUT2D eigenvalue weighted by Crippen LogP contribution is 2.06. The molecule has 0 atom stereocenters. The van der Waals surface area contributed by atoms with Crippen molar-refractivity contribution < 1.29 is 0 Å². The van der Waals surface area contributed by atoms with Gasteiger partial charge in [0.2, 0.25) is 0 Å². The van der Waals surface area contributed by atoms with E-state index in [1.807, 2.05) is 6.07 Å². The minimum atomic E-state index is 0.613. The van der Waals surface area contributed by atoms with Gasteiger partial charge in [0.1, 0.15) is 0 Å². The third-order valence-corrected chi connectivity index (χ3v) is 2.11. The van der Waals surface area contributed by atoms with E-state index in [1.54, 1.807) is 0 Å². The number of hydrogen-bond acceptors (Lipinski definition) is 0. The van der Waals surface area contributed by atoms with Gasteiger partial charge in [-0.05, 0) is 24.1 Å². The summed E-state index contributed by atoms with van der Waals surface area (Å²) in [6.45, 7) is 2.19. The van der Waals surface area contributed by atoms with Crippen molar-refractivity contribution in [2.45, 2.75) is 26.2 Å². The van der Waals surface area contributed by atoms with Crippen LogP contribution in [0.5, 0.6) is 0 Å². The molecule has 0 radical (unpaired) electrons. The summed E-state index contributed by atoms with van der Waals surface area (Å²) in [6.07, 6.45) is 3.07. The maximum absolute atomic E-state index is 5.55. The average Bonchev–Trinajstić information content (AvgIpc) is 2.19. The molecule has 74 valence electrons. The Labute approximate surface area is 91.3 Å². The third-order valence-electron chi connectivity index (χ3n) is 1.92. The molecule has 0 aliphatic carbocycles. The van der Waals surface area contributed by atoms with E-state index in [-0.39, 0.29) is 0 Å². The fourth-order valence-electron chi connectivity index (χ4n) is 1.31. The molecule has 0 fully saturated rings. The van der Waals surface area contributed by atoms with Crippen LogP contribution in [-0.4, -0.2) is 5.88 Å². The van der Waals surface area contributed by atoms with Crippen LogP contribution in [0.4, 0.5) is 0 Å². The molecule has 0 saturated carbocycles. The smallest absolute Gasteiger partial charge is 0.0333 e. The molecule has 0 nitrogen and oxygen atoms in total. The van der Waals surface area contributed by atoms with Gasteiger partial charge in [-0.15, -0.1) is 11.6 Å². The van der Waals surface area contributed by atoms with E-state index in [2.05, 4.69) is 37.0 Å². The maximum atomic E-state index is 5.55. The van der Waals surface area contributed by atoms with Gasteiger partial charge >= 0.3 is 0 Å². The summed E-state index contributed by atoms with van der Waals surface area (Å²) in [5.74, 6) is 6.76. The molecule has 1 rings (SSSR count). The summed E-state index contributed by atoms with van der Waals surface area (Å²) >= 11 is 5.55. The van der Waals surface area contributed by atoms with Crippen LogP contribution in [0.2, 0.25) is 0 Å². The predicted octanol–water partition coefficient (Wildman–Crippen LogP) is 3.62. The first-order valence-corrected chi connectivity index (χ1v) is 5.54. The van der Waals surface area contributed by atoms with Crippen LogP contribution in [0, 0.1) is 11.8 Å². The summed E-state index contributed by atoms with van der Waals surface area (Å²) in [5.41, 5.74) is 2.46. The zero-order valence-electron chi connectivity index (χ0n) is 8.52. The van der Waals surface area contributed by atoms with Crippen LogP contribution < -0.4 is 0 Å². The van der Waals surface area contributed by atoms with Crippen LogP contribution in [0.3, 0.4) is 0 Å². The van der Waals surface area contributed by atoms with Gasteiger partial charge in [-0.2, -0.15) is 0 Å². The fourth-order valence-corrected chi connectivity index (χ4v) is 1.40. The second kappa shape index (κ2) is 6.51. The molecule has 0 saturated heterocycles. The number of benzene rings is 1. The van der Waals surface area contributed by atoms with E-state index < -0.39 is 0 Å². The first kappa shape index (κ1) is 11.1. The van der Waals surface area contributed by atoms with Gasteiger partial charge in [-0.25, -0.2) is 0 Å². The molecule has 0 bridgehead atoms. The van der Waals surface area contributed by atoms with Crippen molar-refractivity contribution in [1.29, 1.82) is 0 Å². The monoisotopic (exact) mass is 206 g/mol. The molecule has 0 unspecified atom stereocenters. The van der Waals surface area contributed by atoms with Crippen LogP contribution in [0.15, 0.2) is 24.3 Å². The summed E-state index contributed by atoms with van der Waals surface area (Å²) in [4.78, 5) is 0. The van der Waals surface area contributed by atoms with Crippen molar-refractivity contribution in [2.24, 2.45) is 0 Å². The minimum absolute atomic E-state index is 0.613. The average molecular weight is 207 g/mol. The Morgan fingerprint density at radius 3 is 2.93 bits per heavy atom. The number of alkyl halides is 1. The van der Waals surface area contributed by atoms with Crippen molar-refractivity contribution in [3.05, 3.63) is 35.4 Å². The maximum Gasteiger partial charge on any atom is 0.0333 e. The highest BCUT2D eigenvalue weighted by Gasteiger charge is 1.91. The van der Waals surface area contributed by atoms with E-state index >= 15 is 0 Å². The quantitative estimate of drug-likeness (QED) is 0.524. The van der Waals surface area contributed by atoms with Crippen molar-refractivity contribution in [1.82, 2.24) is 0 Å². The van der Waals surface area contributed by atoms with Crippen molar-refractivity contribution in [3.8, 4) is 11.8 Å². The molecule has 0 N–H and O–H groups in total. The Morgan fingerprint density at radius 2 is 2.21 bits per heavy atom. The van der Waals surface area contributed by atoms with E-state index in [4.69, 9.17) is 11.6 Å². The van der Waals surface area contributed by atoms with Crippen molar-refractivity contribution in [2.75, 3.05) is 5.88 Å². The highest BCUT2D eigenvalue weighted by molar-refractivity contribution is 6.18. The molecule has 1 aromatic carbocycles. The van der Waals surface area contributed by atoms with Gasteiger partial charge in [0.05, 0.1) is 0 Å². The number of hydrogen-bond donors (Lipinski definition) is 0. The molecule has 1 aromatic rings. The summed E-state index contributed by atoms with van der Waals surface area (Å²) < 4.78 is 0. The van der Waals surface area contributed by atoms with E-state index in [9.17, 15) is 0 Å². The lowest BCUT2D eigenvalue weighted by molar-refractivity contribution is 0.921. The fraction of sp³-hybridized carbons (Fsp3) is 0.385. The standard InChI is InChI=1S/C13H15Cl/c1-2-6-12-8-5-9-13(11-12)7-3-4-10-14/h5,8-9,11H,2,4,6,10H2,1H3. The first-order chi connectivity index (χ1) is 6.86. The zero-order valence-corrected chi connectivity index (χ0v) is 9.27. The van der Waals surface area contributed by atoms with E-state index in [1.165, 1.54) is 12.0 Å². The number of halogens is 1. The second-order valence-corrected chi connectivity index (χ2v) is 3.57. The van der Waals surface area contributed by atoms with Crippen LogP contribution in [0.1, 0.15) is 30.9 Å². The molecule has 0 aromatic heterocycles. The first-order valence-electron chi connectivity index (χ1n) is 5.00. The molecule has 0 aliphatic rings. The SMILES string of the molecule is CCCc1cccc(C#CCCCl)c1. The summed E-state index contributed by atoms with van der Waals surface area (Å²) in [6, 6.07) is 8.41. The number of rotatable bonds is 3. The molecular weight excluding hydrogens is 192 g/mol. The Balaban J connectivity index is 2.69. The Kier molecular flexibility index (Phi) is 5.19. The number of aryl methyl sites for hydroxylation is 1. The van der Waals surface area contributed by atoms with Gasteiger partial charge in [0, 0.05) is 17.9 Å². The second-order valence-electron chi connectivity index (χ2n) is 3.19. The van der Waals surface area contributed by atoms with Crippen molar-refractivity contribution >= 4 is 11.6 Å². The lowest BCUT2D eigenvalue weighted by Crippen LogP contribution is -1.84. The predicted molar refractivity (Wildman–Crippen MR) is 62.7 cm³/mol. The molecule has 14 heavy (non-hydrogen) atoms. The molecule has 0 spiro atoms. The normalized spacial score (nSPS) is 9.29. The minimum Gasteiger partial charge on any atom is -0.126 e. The van der Waals surface area contributed by atoms with Gasteiger partial charge < -0.3 is 0 Å². The van der Waals surface area contributed by atoms with Gasteiger partial charge in [-0.3, -0.25) is 0 Å². The Hall–Kier alpha value is -0.930. The Morgan fingerprint density at radius 1 is 1.36 bits per heavy atom. The summed E-state index contributed by atoms with van der Waals surface area (Å²) in [7, 11) is 0. The molecule has 1 heteroatoms. The van der Waals surface area contributed by atoms with E-state index in [0.29, 0.717) is 5.88 Å². The highest BCUT2D eigenvalue weighted by atomic mass is 35.5. The van der Waals surface area contributed by atoms with Crippen LogP contribution in [0.25, 0.3) is 0 Å². The van der Waals surface area contributed by atoms with Gasteiger partial charge in [0.15, 0.2) is 0 Å². The van der Waals surface area contributed by atoms with Crippen LogP contribution in [-0.2, 0) is 6.42 Å². The molecule has 0 heterocycles. The lowest BCUT2D eigenvalue weighted by Gasteiger charge is -1.98. The van der Waals surface area contributed by atoms with Gasteiger partial charge in [-0.1, -0.05) is 37.3 Å². The Bertz CT molecular complexity index is 331. The topological polar surface area (TPSA) is 0 Å². The lowest BCUT2D eigenvalue weighted by atomic mass is 10.1. The molecule has 0 aliphatic heterocycles. The third kappa shape index (κ3) is 3.85. The van der Waals surface area contributed by atoms with Crippen molar-refractivity contribution in [3.63, 3.8) is 0 Å². The molecule has 0 amide bonds. The van der Waals surface area contributed by atoms with Gasteiger partial charge in [0.25, 0.3) is 0 Å². The zero-order chi connectivity index (χ0) is 10.2. The van der Waals surface area contributed by atoms with Crippen LogP contribution >= 0.6 is 11.6 Å². The largest absolute Gasteiger partial charge is 0.126 e. The summed E-state index contributed by atoms with van der Waals surface area (Å²) in [5, 5.41) is 0. The molecular formula is C13H15Cl.